The Morgan fingerprint density at radius 2 is 1.90 bits per heavy atom. The van der Waals surface area contributed by atoms with E-state index >= 15 is 4.39 Å². The fourth-order valence-corrected chi connectivity index (χ4v) is 5.70. The minimum absolute atomic E-state index is 0.0000919. The Balaban J connectivity index is 1.61. The van der Waals surface area contributed by atoms with Gasteiger partial charge in [0.05, 0.1) is 17.3 Å². The van der Waals surface area contributed by atoms with Crippen LogP contribution in [0.3, 0.4) is 0 Å². The van der Waals surface area contributed by atoms with Gasteiger partial charge in [-0.05, 0) is 43.7 Å². The molecule has 41 heavy (non-hydrogen) atoms. The van der Waals surface area contributed by atoms with Crippen LogP contribution >= 0.6 is 11.6 Å². The molecule has 3 amide bonds. The van der Waals surface area contributed by atoms with E-state index in [4.69, 9.17) is 11.6 Å². The molecule has 1 aromatic heterocycles. The van der Waals surface area contributed by atoms with Gasteiger partial charge in [-0.2, -0.15) is 5.26 Å². The van der Waals surface area contributed by atoms with Gasteiger partial charge in [-0.1, -0.05) is 41.9 Å². The van der Waals surface area contributed by atoms with E-state index in [1.807, 2.05) is 6.07 Å². The molecule has 1 N–H and O–H groups in total. The predicted molar refractivity (Wildman–Crippen MR) is 148 cm³/mol. The monoisotopic (exact) mass is 577 g/mol. The minimum Gasteiger partial charge on any atom is -0.351 e. The molecular formula is C30H26ClF2N5O3. The number of carbonyl (C=O) groups excluding carboxylic acids is 3. The van der Waals surface area contributed by atoms with Crippen LogP contribution in [0.15, 0.2) is 66.9 Å². The van der Waals surface area contributed by atoms with Crippen molar-refractivity contribution in [3.05, 3.63) is 88.8 Å². The van der Waals surface area contributed by atoms with E-state index < -0.39 is 47.3 Å². The first-order valence-corrected chi connectivity index (χ1v) is 13.5. The van der Waals surface area contributed by atoms with E-state index in [1.165, 1.54) is 48.4 Å². The summed E-state index contributed by atoms with van der Waals surface area (Å²) in [6.45, 7) is 1.44. The van der Waals surface area contributed by atoms with Gasteiger partial charge in [0.15, 0.2) is 0 Å². The summed E-state index contributed by atoms with van der Waals surface area (Å²) < 4.78 is 29.7. The first kappa shape index (κ1) is 28.2. The lowest BCUT2D eigenvalue weighted by Crippen LogP contribution is -2.56. The molecule has 3 aromatic rings. The molecule has 0 radical (unpaired) electrons. The van der Waals surface area contributed by atoms with Crippen molar-refractivity contribution in [2.24, 2.45) is 0 Å². The van der Waals surface area contributed by atoms with Crippen molar-refractivity contribution in [2.45, 2.75) is 56.4 Å². The van der Waals surface area contributed by atoms with Crippen molar-refractivity contribution in [2.75, 3.05) is 9.80 Å². The van der Waals surface area contributed by atoms with Crippen molar-refractivity contribution in [1.82, 2.24) is 10.3 Å². The topological polar surface area (TPSA) is 106 Å². The fourth-order valence-electron chi connectivity index (χ4n) is 5.46. The molecule has 0 unspecified atom stereocenters. The second-order valence-electron chi connectivity index (χ2n) is 10.4. The van der Waals surface area contributed by atoms with Gasteiger partial charge in [-0.3, -0.25) is 24.2 Å². The average molecular weight is 578 g/mol. The van der Waals surface area contributed by atoms with Crippen LogP contribution in [0.25, 0.3) is 0 Å². The van der Waals surface area contributed by atoms with Crippen LogP contribution in [-0.2, 0) is 14.4 Å². The van der Waals surface area contributed by atoms with E-state index in [9.17, 15) is 24.0 Å². The van der Waals surface area contributed by atoms with E-state index in [0.717, 1.165) is 11.0 Å². The number of pyridine rings is 1. The third-order valence-electron chi connectivity index (χ3n) is 7.36. The number of alkyl halides is 1. The second-order valence-corrected chi connectivity index (χ2v) is 10.9. The maximum Gasteiger partial charge on any atom is 0.251 e. The van der Waals surface area contributed by atoms with Crippen molar-refractivity contribution >= 4 is 40.8 Å². The Morgan fingerprint density at radius 1 is 1.20 bits per heavy atom. The fraction of sp³-hybridized carbons (Fsp3) is 0.300. The Morgan fingerprint density at radius 3 is 2.59 bits per heavy atom. The van der Waals surface area contributed by atoms with Crippen LogP contribution in [-0.4, -0.2) is 40.5 Å². The number of nitrogens with one attached hydrogen (secondary N) is 1. The normalized spacial score (nSPS) is 22.4. The number of hydrogen-bond donors (Lipinski definition) is 1. The number of halogens is 3. The molecule has 0 bridgehead atoms. The molecule has 1 aliphatic carbocycles. The summed E-state index contributed by atoms with van der Waals surface area (Å²) in [5, 5.41) is 12.3. The van der Waals surface area contributed by atoms with Crippen LogP contribution in [0.5, 0.6) is 0 Å². The molecular weight excluding hydrogens is 552 g/mol. The maximum absolute atomic E-state index is 15.4. The molecule has 1 aliphatic heterocycles. The van der Waals surface area contributed by atoms with Gasteiger partial charge >= 0.3 is 0 Å². The van der Waals surface area contributed by atoms with Crippen LogP contribution in [0.2, 0.25) is 5.02 Å². The number of nitriles is 1. The standard InChI is InChI=1S/C30H26ClF2N5O3/c1-30(33)15-19(16-30)36-28(40)27(20-6-2-3-7-21(20)31)38(23-9-5-4-8-22(23)32)29(41)24-10-11-26(39)37(24)25-14-18(17-34)12-13-35-25/h2-9,12-14,19,24,27H,10-11,15-16H2,1H3,(H,36,40)/t19?,24-,27-,30?/m0/s1. The highest BCUT2D eigenvalue weighted by Crippen LogP contribution is 2.39. The molecule has 0 spiro atoms. The third-order valence-corrected chi connectivity index (χ3v) is 7.71. The molecule has 2 atom stereocenters. The van der Waals surface area contributed by atoms with E-state index in [1.54, 1.807) is 24.3 Å². The van der Waals surface area contributed by atoms with Crippen molar-refractivity contribution in [3.8, 4) is 6.07 Å². The molecule has 1 saturated carbocycles. The summed E-state index contributed by atoms with van der Waals surface area (Å²) >= 11 is 6.53. The van der Waals surface area contributed by atoms with Crippen molar-refractivity contribution < 1.29 is 23.2 Å². The summed E-state index contributed by atoms with van der Waals surface area (Å²) in [6.07, 6.45) is 1.61. The molecule has 210 valence electrons. The number of nitrogens with zero attached hydrogens (tertiary/aromatic N) is 4. The van der Waals surface area contributed by atoms with Gasteiger partial charge < -0.3 is 5.32 Å². The number of aromatic nitrogens is 1. The molecule has 8 nitrogen and oxygen atoms in total. The van der Waals surface area contributed by atoms with Crippen LogP contribution < -0.4 is 15.1 Å². The predicted octanol–water partition coefficient (Wildman–Crippen LogP) is 5.02. The highest BCUT2D eigenvalue weighted by molar-refractivity contribution is 6.31. The van der Waals surface area contributed by atoms with Crippen molar-refractivity contribution in [1.29, 1.82) is 5.26 Å². The molecule has 11 heteroatoms. The zero-order chi connectivity index (χ0) is 29.3. The lowest BCUT2D eigenvalue weighted by molar-refractivity contribution is -0.129. The van der Waals surface area contributed by atoms with Crippen LogP contribution in [0.4, 0.5) is 20.3 Å². The Hall–Kier alpha value is -4.36. The molecule has 1 saturated heterocycles. The summed E-state index contributed by atoms with van der Waals surface area (Å²) in [4.78, 5) is 47.8. The van der Waals surface area contributed by atoms with E-state index in [-0.39, 0.29) is 53.3 Å². The largest absolute Gasteiger partial charge is 0.351 e. The molecule has 2 aromatic carbocycles. The number of benzene rings is 2. The lowest BCUT2D eigenvalue weighted by Gasteiger charge is -2.41. The summed E-state index contributed by atoms with van der Waals surface area (Å²) in [5.74, 6) is -2.50. The van der Waals surface area contributed by atoms with Gasteiger partial charge in [-0.25, -0.2) is 13.8 Å². The Kier molecular flexibility index (Phi) is 7.74. The molecule has 2 aliphatic rings. The molecule has 2 fully saturated rings. The lowest BCUT2D eigenvalue weighted by atomic mass is 9.78. The van der Waals surface area contributed by atoms with Crippen molar-refractivity contribution in [3.63, 3.8) is 0 Å². The Bertz CT molecular complexity index is 1550. The van der Waals surface area contributed by atoms with E-state index in [0.29, 0.717) is 0 Å². The first-order valence-electron chi connectivity index (χ1n) is 13.1. The van der Waals surface area contributed by atoms with E-state index in [2.05, 4.69) is 10.3 Å². The zero-order valence-corrected chi connectivity index (χ0v) is 22.8. The smallest absolute Gasteiger partial charge is 0.251 e. The third kappa shape index (κ3) is 5.63. The number of hydrogen-bond acceptors (Lipinski definition) is 5. The van der Waals surface area contributed by atoms with Gasteiger partial charge in [0.1, 0.15) is 29.4 Å². The Labute approximate surface area is 240 Å². The highest BCUT2D eigenvalue weighted by Gasteiger charge is 2.47. The van der Waals surface area contributed by atoms with Gasteiger partial charge in [0, 0.05) is 42.1 Å². The minimum atomic E-state index is -1.45. The number of para-hydroxylation sites is 1. The van der Waals surface area contributed by atoms with Gasteiger partial charge in [-0.15, -0.1) is 0 Å². The summed E-state index contributed by atoms with van der Waals surface area (Å²) in [5.41, 5.74) is -1.15. The summed E-state index contributed by atoms with van der Waals surface area (Å²) in [6, 6.07) is 13.6. The van der Waals surface area contributed by atoms with Gasteiger partial charge in [0.25, 0.3) is 5.91 Å². The quantitative estimate of drug-likeness (QED) is 0.424. The highest BCUT2D eigenvalue weighted by atomic mass is 35.5. The number of rotatable bonds is 7. The second kappa shape index (κ2) is 11.3. The van der Waals surface area contributed by atoms with Crippen LogP contribution in [0, 0.1) is 17.1 Å². The van der Waals surface area contributed by atoms with Gasteiger partial charge in [0.2, 0.25) is 11.8 Å². The molecule has 2 heterocycles. The molecule has 5 rings (SSSR count). The SMILES string of the molecule is CC1(F)CC(NC(=O)[C@H](c2ccccc2Cl)N(C(=O)[C@@H]2CCC(=O)N2c2cc(C#N)ccn2)c2ccccc2F)C1. The first-order chi connectivity index (χ1) is 19.6. The maximum atomic E-state index is 15.4. The zero-order valence-electron chi connectivity index (χ0n) is 22.1. The number of amides is 3. The average Bonchev–Trinajstić information content (AvgIpc) is 3.32. The number of anilines is 2. The number of carbonyl (C=O) groups is 3. The van der Waals surface area contributed by atoms with Crippen LogP contribution in [0.1, 0.15) is 49.8 Å². The summed E-state index contributed by atoms with van der Waals surface area (Å²) in [7, 11) is 0.